The number of ether oxygens (including phenoxy) is 1. The van der Waals surface area contributed by atoms with Gasteiger partial charge >= 0.3 is 6.11 Å². The van der Waals surface area contributed by atoms with Crippen LogP contribution < -0.4 is 4.74 Å². The zero-order chi connectivity index (χ0) is 32.3. The highest BCUT2D eigenvalue weighted by molar-refractivity contribution is 5.70. The fraction of sp³-hybridized carbons (Fsp3) is 0.343. The van der Waals surface area contributed by atoms with Crippen LogP contribution in [-0.2, 0) is 6.11 Å². The van der Waals surface area contributed by atoms with Crippen molar-refractivity contribution in [3.8, 4) is 28.1 Å². The minimum atomic E-state index is -4.75. The number of nitrogens with zero attached hydrogens (tertiary/aromatic N) is 1. The van der Waals surface area contributed by atoms with Crippen LogP contribution in [0.4, 0.5) is 35.1 Å². The van der Waals surface area contributed by atoms with E-state index in [1.54, 1.807) is 12.3 Å². The number of pyridine rings is 1. The summed E-state index contributed by atoms with van der Waals surface area (Å²) in [6, 6.07) is 8.87. The van der Waals surface area contributed by atoms with Crippen molar-refractivity contribution in [3.63, 3.8) is 0 Å². The molecule has 0 saturated heterocycles. The second-order valence-corrected chi connectivity index (χ2v) is 11.5. The fourth-order valence-electron chi connectivity index (χ4n) is 5.99. The molecule has 0 amide bonds. The number of unbranched alkanes of at least 4 members (excludes halogenated alkanes) is 2. The monoisotopic (exact) mass is 633 g/mol. The molecular weight excluding hydrogens is 602 g/mol. The molecular formula is C35H31F8NO. The zero-order valence-corrected chi connectivity index (χ0v) is 24.5. The van der Waals surface area contributed by atoms with Crippen LogP contribution in [0.2, 0.25) is 0 Å². The van der Waals surface area contributed by atoms with Gasteiger partial charge in [-0.15, -0.1) is 0 Å². The molecule has 1 aliphatic carbocycles. The van der Waals surface area contributed by atoms with E-state index in [0.717, 1.165) is 30.4 Å². The first-order valence-corrected chi connectivity index (χ1v) is 14.9. The quantitative estimate of drug-likeness (QED) is 0.0985. The Morgan fingerprint density at radius 3 is 1.96 bits per heavy atom. The van der Waals surface area contributed by atoms with Crippen molar-refractivity contribution in [1.82, 2.24) is 4.98 Å². The highest BCUT2D eigenvalue weighted by Gasteiger charge is 2.41. The molecule has 0 bridgehead atoms. The summed E-state index contributed by atoms with van der Waals surface area (Å²) in [7, 11) is 0. The van der Waals surface area contributed by atoms with E-state index in [9.17, 15) is 30.7 Å². The summed E-state index contributed by atoms with van der Waals surface area (Å²) in [4.78, 5) is 4.51. The van der Waals surface area contributed by atoms with Crippen LogP contribution >= 0.6 is 0 Å². The van der Waals surface area contributed by atoms with Crippen molar-refractivity contribution >= 4 is 0 Å². The number of rotatable bonds is 10. The molecule has 0 atom stereocenters. The SMILES string of the molecule is CCCCCC1CCC(c2ccc(-c3ccc(-c4cc(F)c(C(F)(F)Oc5cc(F)c(F)c(F)c5)c(F)c4)c(F)c3)nc2)CC1. The lowest BCUT2D eigenvalue weighted by Crippen LogP contribution is -2.25. The Kier molecular flexibility index (Phi) is 9.79. The van der Waals surface area contributed by atoms with Crippen LogP contribution in [0.3, 0.4) is 0 Å². The normalized spacial score (nSPS) is 17.0. The van der Waals surface area contributed by atoms with Crippen LogP contribution in [0.5, 0.6) is 5.75 Å². The molecule has 3 aromatic carbocycles. The van der Waals surface area contributed by atoms with Crippen LogP contribution in [0.15, 0.2) is 60.8 Å². The van der Waals surface area contributed by atoms with E-state index in [-0.39, 0.29) is 23.3 Å². The summed E-state index contributed by atoms with van der Waals surface area (Å²) in [5, 5.41) is 0. The van der Waals surface area contributed by atoms with E-state index < -0.39 is 52.3 Å². The molecule has 1 aromatic heterocycles. The summed E-state index contributed by atoms with van der Waals surface area (Å²) < 4.78 is 118. The lowest BCUT2D eigenvalue weighted by molar-refractivity contribution is -0.189. The Bertz CT molecular complexity index is 1600. The summed E-state index contributed by atoms with van der Waals surface area (Å²) in [6.07, 6.45) is 6.71. The molecule has 0 unspecified atom stereocenters. The Hall–Kier alpha value is -3.95. The second-order valence-electron chi connectivity index (χ2n) is 11.5. The van der Waals surface area contributed by atoms with E-state index in [0.29, 0.717) is 29.3 Å². The van der Waals surface area contributed by atoms with E-state index in [4.69, 9.17) is 0 Å². The van der Waals surface area contributed by atoms with Crippen molar-refractivity contribution in [2.24, 2.45) is 5.92 Å². The van der Waals surface area contributed by atoms with Gasteiger partial charge in [-0.2, -0.15) is 8.78 Å². The predicted octanol–water partition coefficient (Wildman–Crippen LogP) is 11.2. The lowest BCUT2D eigenvalue weighted by Gasteiger charge is -2.28. The van der Waals surface area contributed by atoms with E-state index in [1.165, 1.54) is 50.7 Å². The maximum Gasteiger partial charge on any atom is 0.432 e. The van der Waals surface area contributed by atoms with Crippen LogP contribution in [0.25, 0.3) is 22.4 Å². The Balaban J connectivity index is 1.30. The topological polar surface area (TPSA) is 22.1 Å². The zero-order valence-electron chi connectivity index (χ0n) is 24.5. The summed E-state index contributed by atoms with van der Waals surface area (Å²) >= 11 is 0. The molecule has 1 heterocycles. The van der Waals surface area contributed by atoms with Crippen LogP contribution in [-0.4, -0.2) is 4.98 Å². The minimum absolute atomic E-state index is 0.107. The highest BCUT2D eigenvalue weighted by atomic mass is 19.3. The first-order chi connectivity index (χ1) is 21.5. The molecule has 4 aromatic rings. The van der Waals surface area contributed by atoms with Crippen molar-refractivity contribution in [2.75, 3.05) is 0 Å². The molecule has 2 nitrogen and oxygen atoms in total. The molecule has 45 heavy (non-hydrogen) atoms. The van der Waals surface area contributed by atoms with Crippen molar-refractivity contribution in [2.45, 2.75) is 70.3 Å². The largest absolute Gasteiger partial charge is 0.432 e. The van der Waals surface area contributed by atoms with E-state index >= 15 is 4.39 Å². The average Bonchev–Trinajstić information content (AvgIpc) is 2.99. The van der Waals surface area contributed by atoms with Gasteiger partial charge in [0.15, 0.2) is 17.5 Å². The Labute approximate surface area is 256 Å². The average molecular weight is 634 g/mol. The molecule has 1 aliphatic rings. The number of hydrogen-bond donors (Lipinski definition) is 0. The van der Waals surface area contributed by atoms with Gasteiger partial charge in [0.2, 0.25) is 0 Å². The smallest absolute Gasteiger partial charge is 0.429 e. The number of alkyl halides is 2. The van der Waals surface area contributed by atoms with Crippen molar-refractivity contribution in [1.29, 1.82) is 0 Å². The Morgan fingerprint density at radius 2 is 1.38 bits per heavy atom. The summed E-state index contributed by atoms with van der Waals surface area (Å²) in [5.41, 5.74) is -0.468. The van der Waals surface area contributed by atoms with Crippen molar-refractivity contribution in [3.05, 3.63) is 107 Å². The lowest BCUT2D eigenvalue weighted by atomic mass is 9.77. The highest BCUT2D eigenvalue weighted by Crippen LogP contribution is 2.40. The van der Waals surface area contributed by atoms with E-state index in [2.05, 4.69) is 16.6 Å². The molecule has 238 valence electrons. The first-order valence-electron chi connectivity index (χ1n) is 14.9. The second kappa shape index (κ2) is 13.6. The third-order valence-corrected chi connectivity index (χ3v) is 8.43. The first kappa shape index (κ1) is 32.4. The van der Waals surface area contributed by atoms with Crippen LogP contribution in [0.1, 0.15) is 75.3 Å². The number of hydrogen-bond acceptors (Lipinski definition) is 2. The summed E-state index contributed by atoms with van der Waals surface area (Å²) in [5.74, 6) is -10.1. The number of benzene rings is 3. The molecule has 0 radical (unpaired) electrons. The van der Waals surface area contributed by atoms with Gasteiger partial charge in [-0.1, -0.05) is 50.8 Å². The fourth-order valence-corrected chi connectivity index (χ4v) is 5.99. The standard InChI is InChI=1S/C35H31F8NO/c1-2-3-4-5-20-6-8-21(9-7-20)23-11-13-32(44-19-23)22-10-12-26(27(36)14-22)24-15-28(37)33(29(38)16-24)35(42,43)45-25-17-30(39)34(41)31(40)18-25/h10-21H,2-9H2,1H3. The molecule has 0 spiro atoms. The number of aromatic nitrogens is 1. The third-order valence-electron chi connectivity index (χ3n) is 8.43. The van der Waals surface area contributed by atoms with Gasteiger partial charge < -0.3 is 4.74 Å². The number of halogens is 8. The summed E-state index contributed by atoms with van der Waals surface area (Å²) in [6.45, 7) is 2.21. The van der Waals surface area contributed by atoms with Gasteiger partial charge in [-0.25, -0.2) is 26.3 Å². The third kappa shape index (κ3) is 7.31. The maximum absolute atomic E-state index is 15.2. The molecule has 5 rings (SSSR count). The predicted molar refractivity (Wildman–Crippen MR) is 155 cm³/mol. The van der Waals surface area contributed by atoms with Gasteiger partial charge in [0.1, 0.15) is 28.8 Å². The van der Waals surface area contributed by atoms with E-state index in [1.807, 2.05) is 6.07 Å². The van der Waals surface area contributed by atoms with Crippen molar-refractivity contribution < 1.29 is 39.9 Å². The van der Waals surface area contributed by atoms with Gasteiger partial charge in [0.05, 0.1) is 5.69 Å². The Morgan fingerprint density at radius 1 is 0.733 bits per heavy atom. The minimum Gasteiger partial charge on any atom is -0.429 e. The van der Waals surface area contributed by atoms with Gasteiger partial charge in [0, 0.05) is 29.5 Å². The van der Waals surface area contributed by atoms with Gasteiger partial charge in [-0.05, 0) is 72.9 Å². The maximum atomic E-state index is 15.2. The molecule has 0 aliphatic heterocycles. The molecule has 1 saturated carbocycles. The van der Waals surface area contributed by atoms with Gasteiger partial charge in [0.25, 0.3) is 0 Å². The molecule has 0 N–H and O–H groups in total. The van der Waals surface area contributed by atoms with Crippen LogP contribution in [0, 0.1) is 40.8 Å². The molecule has 10 heteroatoms. The van der Waals surface area contributed by atoms with Gasteiger partial charge in [-0.3, -0.25) is 4.98 Å². The molecule has 1 fully saturated rings.